The molecule has 20 heavy (non-hydrogen) atoms. The van der Waals surface area contributed by atoms with Crippen molar-refractivity contribution in [3.05, 3.63) is 30.0 Å². The number of nitriles is 1. The van der Waals surface area contributed by atoms with Gasteiger partial charge in [-0.15, -0.1) is 10.2 Å². The molecule has 0 atom stereocenters. The van der Waals surface area contributed by atoms with Crippen molar-refractivity contribution in [2.24, 2.45) is 0 Å². The quantitative estimate of drug-likeness (QED) is 0.904. The minimum atomic E-state index is -0.314. The van der Waals surface area contributed by atoms with E-state index < -0.39 is 0 Å². The Morgan fingerprint density at radius 1 is 1.30 bits per heavy atom. The van der Waals surface area contributed by atoms with Gasteiger partial charge < -0.3 is 10.1 Å². The summed E-state index contributed by atoms with van der Waals surface area (Å²) in [5.74, 6) is 0. The number of aromatic nitrogens is 2. The summed E-state index contributed by atoms with van der Waals surface area (Å²) in [5.41, 5.74) is 1.47. The van der Waals surface area contributed by atoms with E-state index in [0.29, 0.717) is 24.5 Å². The molecule has 1 aromatic heterocycles. The molecule has 0 amide bonds. The predicted molar refractivity (Wildman–Crippen MR) is 78.4 cm³/mol. The third-order valence-electron chi connectivity index (χ3n) is 3.00. The van der Waals surface area contributed by atoms with Crippen LogP contribution in [0.1, 0.15) is 26.5 Å². The van der Waals surface area contributed by atoms with Crippen molar-refractivity contribution in [1.82, 2.24) is 10.2 Å². The summed E-state index contributed by atoms with van der Waals surface area (Å²) in [5, 5.41) is 21.4. The predicted octanol–water partition coefficient (Wildman–Crippen LogP) is 2.73. The first-order chi connectivity index (χ1) is 9.57. The highest BCUT2D eigenvalue weighted by Gasteiger charge is 2.19. The Hall–Kier alpha value is -2.19. The zero-order chi connectivity index (χ0) is 14.6. The summed E-state index contributed by atoms with van der Waals surface area (Å²) in [4.78, 5) is 0. The molecule has 0 bridgehead atoms. The number of benzene rings is 1. The van der Waals surface area contributed by atoms with Crippen LogP contribution in [-0.4, -0.2) is 29.0 Å². The van der Waals surface area contributed by atoms with Crippen LogP contribution in [-0.2, 0) is 4.74 Å². The van der Waals surface area contributed by atoms with Crippen molar-refractivity contribution in [3.63, 3.8) is 0 Å². The molecule has 2 aromatic rings. The van der Waals surface area contributed by atoms with Crippen LogP contribution in [0, 0.1) is 11.3 Å². The van der Waals surface area contributed by atoms with Gasteiger partial charge in [0.2, 0.25) is 0 Å². The van der Waals surface area contributed by atoms with E-state index in [0.717, 1.165) is 10.9 Å². The van der Waals surface area contributed by atoms with Gasteiger partial charge >= 0.3 is 0 Å². The summed E-state index contributed by atoms with van der Waals surface area (Å²) in [6, 6.07) is 9.71. The number of rotatable bonds is 5. The largest absolute Gasteiger partial charge is 0.379 e. The molecule has 0 fully saturated rings. The lowest BCUT2D eigenvalue weighted by molar-refractivity contribution is 0.000711. The lowest BCUT2D eigenvalue weighted by atomic mass is 10.1. The standard InChI is InChI=1S/C15H18N4O/c1-4-20-15(2,3)10-17-14-11-7-5-6-8-12(11)18-19-13(14)9-16/h5-8H,4,10H2,1-3H3,(H,17,18). The van der Waals surface area contributed by atoms with E-state index in [1.165, 1.54) is 0 Å². The van der Waals surface area contributed by atoms with Gasteiger partial charge in [-0.2, -0.15) is 5.26 Å². The molecule has 104 valence electrons. The van der Waals surface area contributed by atoms with E-state index >= 15 is 0 Å². The maximum Gasteiger partial charge on any atom is 0.186 e. The molecule has 0 saturated carbocycles. The van der Waals surface area contributed by atoms with Crippen LogP contribution >= 0.6 is 0 Å². The molecule has 0 unspecified atom stereocenters. The molecule has 0 aliphatic rings. The maximum atomic E-state index is 9.19. The van der Waals surface area contributed by atoms with Crippen molar-refractivity contribution in [3.8, 4) is 6.07 Å². The van der Waals surface area contributed by atoms with Crippen LogP contribution in [0.5, 0.6) is 0 Å². The molecule has 2 rings (SSSR count). The Morgan fingerprint density at radius 2 is 2.05 bits per heavy atom. The average Bonchev–Trinajstić information content (AvgIpc) is 2.44. The van der Waals surface area contributed by atoms with E-state index in [2.05, 4.69) is 21.6 Å². The highest BCUT2D eigenvalue weighted by molar-refractivity contribution is 5.92. The van der Waals surface area contributed by atoms with Crippen molar-refractivity contribution in [2.75, 3.05) is 18.5 Å². The second-order valence-electron chi connectivity index (χ2n) is 5.10. The Kier molecular flexibility index (Phi) is 4.16. The van der Waals surface area contributed by atoms with Gasteiger partial charge in [0.15, 0.2) is 5.69 Å². The summed E-state index contributed by atoms with van der Waals surface area (Å²) in [7, 11) is 0. The summed E-state index contributed by atoms with van der Waals surface area (Å²) >= 11 is 0. The number of anilines is 1. The monoisotopic (exact) mass is 270 g/mol. The molecule has 0 aliphatic heterocycles. The first-order valence-corrected chi connectivity index (χ1v) is 6.61. The first kappa shape index (κ1) is 14.2. The number of hydrogen-bond acceptors (Lipinski definition) is 5. The Bertz CT molecular complexity index is 646. The number of nitrogens with one attached hydrogen (secondary N) is 1. The normalized spacial score (nSPS) is 11.3. The SMILES string of the molecule is CCOC(C)(C)CNc1c(C#N)nnc2ccccc12. The van der Waals surface area contributed by atoms with Crippen LogP contribution in [0.25, 0.3) is 10.9 Å². The lowest BCUT2D eigenvalue weighted by Crippen LogP contribution is -2.33. The van der Waals surface area contributed by atoms with Crippen LogP contribution in [0.15, 0.2) is 24.3 Å². The topological polar surface area (TPSA) is 70.8 Å². The maximum absolute atomic E-state index is 9.19. The molecule has 0 spiro atoms. The van der Waals surface area contributed by atoms with Crippen LogP contribution in [0.2, 0.25) is 0 Å². The Labute approximate surface area is 118 Å². The third kappa shape index (κ3) is 3.03. The molecular weight excluding hydrogens is 252 g/mol. The first-order valence-electron chi connectivity index (χ1n) is 6.61. The van der Waals surface area contributed by atoms with Crippen LogP contribution in [0.4, 0.5) is 5.69 Å². The lowest BCUT2D eigenvalue weighted by Gasteiger charge is -2.25. The van der Waals surface area contributed by atoms with Gasteiger partial charge in [0.05, 0.1) is 16.8 Å². The third-order valence-corrected chi connectivity index (χ3v) is 3.00. The molecule has 1 heterocycles. The fraction of sp³-hybridized carbons (Fsp3) is 0.400. The minimum Gasteiger partial charge on any atom is -0.379 e. The number of fused-ring (bicyclic) bond motifs is 1. The second kappa shape index (κ2) is 5.85. The second-order valence-corrected chi connectivity index (χ2v) is 5.10. The van der Waals surface area contributed by atoms with E-state index in [-0.39, 0.29) is 5.60 Å². The molecule has 1 aromatic carbocycles. The molecular formula is C15H18N4O. The van der Waals surface area contributed by atoms with Gasteiger partial charge in [0.25, 0.3) is 0 Å². The molecule has 1 N–H and O–H groups in total. The summed E-state index contributed by atoms with van der Waals surface area (Å²) in [6.07, 6.45) is 0. The highest BCUT2D eigenvalue weighted by atomic mass is 16.5. The van der Waals surface area contributed by atoms with E-state index in [1.807, 2.05) is 45.0 Å². The van der Waals surface area contributed by atoms with Gasteiger partial charge in [0, 0.05) is 18.5 Å². The zero-order valence-electron chi connectivity index (χ0n) is 12.0. The molecule has 0 aliphatic carbocycles. The van der Waals surface area contributed by atoms with Crippen LogP contribution < -0.4 is 5.32 Å². The van der Waals surface area contributed by atoms with E-state index in [1.54, 1.807) is 0 Å². The van der Waals surface area contributed by atoms with E-state index in [9.17, 15) is 5.26 Å². The van der Waals surface area contributed by atoms with Gasteiger partial charge in [0.1, 0.15) is 6.07 Å². The smallest absolute Gasteiger partial charge is 0.186 e. The molecule has 5 heteroatoms. The van der Waals surface area contributed by atoms with Gasteiger partial charge in [-0.25, -0.2) is 0 Å². The summed E-state index contributed by atoms with van der Waals surface area (Å²) in [6.45, 7) is 7.21. The van der Waals surface area contributed by atoms with Crippen LogP contribution in [0.3, 0.4) is 0 Å². The number of hydrogen-bond donors (Lipinski definition) is 1. The average molecular weight is 270 g/mol. The minimum absolute atomic E-state index is 0.302. The van der Waals surface area contributed by atoms with Crippen molar-refractivity contribution < 1.29 is 4.74 Å². The fourth-order valence-corrected chi connectivity index (χ4v) is 2.05. The number of nitrogens with zero attached hydrogens (tertiary/aromatic N) is 3. The van der Waals surface area contributed by atoms with Crippen molar-refractivity contribution >= 4 is 16.6 Å². The number of ether oxygens (including phenoxy) is 1. The zero-order valence-corrected chi connectivity index (χ0v) is 12.0. The van der Waals surface area contributed by atoms with Gasteiger partial charge in [-0.1, -0.05) is 18.2 Å². The van der Waals surface area contributed by atoms with E-state index in [4.69, 9.17) is 4.74 Å². The molecule has 5 nitrogen and oxygen atoms in total. The van der Waals surface area contributed by atoms with Crippen molar-refractivity contribution in [1.29, 1.82) is 5.26 Å². The summed E-state index contributed by atoms with van der Waals surface area (Å²) < 4.78 is 5.66. The highest BCUT2D eigenvalue weighted by Crippen LogP contribution is 2.24. The fourth-order valence-electron chi connectivity index (χ4n) is 2.05. The van der Waals surface area contributed by atoms with Crippen molar-refractivity contribution in [2.45, 2.75) is 26.4 Å². The molecule has 0 radical (unpaired) electrons. The molecule has 0 saturated heterocycles. The Balaban J connectivity index is 2.35. The van der Waals surface area contributed by atoms with Gasteiger partial charge in [-0.05, 0) is 26.8 Å². The Morgan fingerprint density at radius 3 is 2.75 bits per heavy atom. The van der Waals surface area contributed by atoms with Gasteiger partial charge in [-0.3, -0.25) is 0 Å².